The van der Waals surface area contributed by atoms with E-state index >= 15 is 0 Å². The van der Waals surface area contributed by atoms with Gasteiger partial charge in [0.1, 0.15) is 5.75 Å². The standard InChI is InChI=1S/C14H21N3O3S/c1-16-13(18)9-20-11-5-3-4-10(8-11)17-14(19)12(15)6-7-21-2/h3-5,8,12H,6-7,9,15H2,1-2H3,(H,16,18)(H,17,19)/t12-/m1/s1. The summed E-state index contributed by atoms with van der Waals surface area (Å²) < 4.78 is 5.31. The number of nitrogens with one attached hydrogen (secondary N) is 2. The fraction of sp³-hybridized carbons (Fsp3) is 0.429. The van der Waals surface area contributed by atoms with E-state index in [-0.39, 0.29) is 18.4 Å². The van der Waals surface area contributed by atoms with Gasteiger partial charge in [0.05, 0.1) is 6.04 Å². The van der Waals surface area contributed by atoms with Crippen molar-refractivity contribution in [3.05, 3.63) is 24.3 Å². The Kier molecular flexibility index (Phi) is 7.63. The highest BCUT2D eigenvalue weighted by atomic mass is 32.2. The number of nitrogens with two attached hydrogens (primary N) is 1. The Balaban J connectivity index is 2.55. The van der Waals surface area contributed by atoms with E-state index in [0.29, 0.717) is 17.9 Å². The molecular weight excluding hydrogens is 290 g/mol. The number of carbonyl (C=O) groups is 2. The molecule has 1 atom stereocenters. The monoisotopic (exact) mass is 311 g/mol. The molecule has 2 amide bonds. The molecule has 116 valence electrons. The molecule has 0 spiro atoms. The molecule has 0 aromatic heterocycles. The molecule has 0 saturated heterocycles. The maximum atomic E-state index is 11.9. The summed E-state index contributed by atoms with van der Waals surface area (Å²) in [5.74, 6) is 0.897. The summed E-state index contributed by atoms with van der Waals surface area (Å²) >= 11 is 1.65. The van der Waals surface area contributed by atoms with Gasteiger partial charge < -0.3 is 21.1 Å². The maximum absolute atomic E-state index is 11.9. The number of rotatable bonds is 8. The van der Waals surface area contributed by atoms with Crippen molar-refractivity contribution in [1.82, 2.24) is 5.32 Å². The molecule has 21 heavy (non-hydrogen) atoms. The Morgan fingerprint density at radius 1 is 1.43 bits per heavy atom. The van der Waals surface area contributed by atoms with E-state index in [1.54, 1.807) is 36.0 Å². The number of amides is 2. The van der Waals surface area contributed by atoms with Crippen molar-refractivity contribution in [2.75, 3.05) is 31.0 Å². The van der Waals surface area contributed by atoms with Crippen LogP contribution in [0.15, 0.2) is 24.3 Å². The lowest BCUT2D eigenvalue weighted by Crippen LogP contribution is -2.36. The minimum Gasteiger partial charge on any atom is -0.484 e. The zero-order chi connectivity index (χ0) is 15.7. The van der Waals surface area contributed by atoms with Crippen LogP contribution in [0.3, 0.4) is 0 Å². The lowest BCUT2D eigenvalue weighted by atomic mass is 10.2. The van der Waals surface area contributed by atoms with Gasteiger partial charge in [0.25, 0.3) is 5.91 Å². The van der Waals surface area contributed by atoms with Gasteiger partial charge in [-0.15, -0.1) is 0 Å². The average molecular weight is 311 g/mol. The largest absolute Gasteiger partial charge is 0.484 e. The van der Waals surface area contributed by atoms with Crippen molar-refractivity contribution < 1.29 is 14.3 Å². The van der Waals surface area contributed by atoms with Gasteiger partial charge in [-0.3, -0.25) is 9.59 Å². The van der Waals surface area contributed by atoms with Crippen LogP contribution in [0.1, 0.15) is 6.42 Å². The molecule has 1 aromatic rings. The second-order valence-corrected chi connectivity index (χ2v) is 5.35. The quantitative estimate of drug-likeness (QED) is 0.661. The summed E-state index contributed by atoms with van der Waals surface area (Å²) in [6, 6.07) is 6.32. The van der Waals surface area contributed by atoms with Crippen molar-refractivity contribution in [2.45, 2.75) is 12.5 Å². The highest BCUT2D eigenvalue weighted by Crippen LogP contribution is 2.17. The smallest absolute Gasteiger partial charge is 0.257 e. The van der Waals surface area contributed by atoms with Crippen molar-refractivity contribution in [1.29, 1.82) is 0 Å². The Morgan fingerprint density at radius 3 is 2.86 bits per heavy atom. The van der Waals surface area contributed by atoms with Crippen LogP contribution in [0.2, 0.25) is 0 Å². The minimum absolute atomic E-state index is 0.0683. The van der Waals surface area contributed by atoms with Crippen molar-refractivity contribution >= 4 is 29.3 Å². The number of thioether (sulfide) groups is 1. The summed E-state index contributed by atoms with van der Waals surface area (Å²) in [5, 5.41) is 5.20. The Hall–Kier alpha value is -1.73. The molecular formula is C14H21N3O3S. The van der Waals surface area contributed by atoms with Gasteiger partial charge in [-0.2, -0.15) is 11.8 Å². The lowest BCUT2D eigenvalue weighted by molar-refractivity contribution is -0.122. The lowest BCUT2D eigenvalue weighted by Gasteiger charge is -2.12. The van der Waals surface area contributed by atoms with Gasteiger partial charge in [0.15, 0.2) is 6.61 Å². The first-order valence-corrected chi connectivity index (χ1v) is 7.95. The molecule has 6 nitrogen and oxygen atoms in total. The van der Waals surface area contributed by atoms with Crippen molar-refractivity contribution in [2.24, 2.45) is 5.73 Å². The van der Waals surface area contributed by atoms with Gasteiger partial charge in [-0.25, -0.2) is 0 Å². The number of likely N-dealkylation sites (N-methyl/N-ethyl adjacent to an activating group) is 1. The van der Waals surface area contributed by atoms with Crippen molar-refractivity contribution in [3.63, 3.8) is 0 Å². The molecule has 0 unspecified atom stereocenters. The summed E-state index contributed by atoms with van der Waals surface area (Å²) in [6.45, 7) is -0.0683. The third-order valence-electron chi connectivity index (χ3n) is 2.72. The van der Waals surface area contributed by atoms with Crippen LogP contribution in [-0.2, 0) is 9.59 Å². The van der Waals surface area contributed by atoms with E-state index in [0.717, 1.165) is 5.75 Å². The van der Waals surface area contributed by atoms with Gasteiger partial charge in [0, 0.05) is 18.8 Å². The molecule has 4 N–H and O–H groups in total. The van der Waals surface area contributed by atoms with Crippen LogP contribution < -0.4 is 21.1 Å². The number of benzene rings is 1. The molecule has 0 aliphatic rings. The highest BCUT2D eigenvalue weighted by Gasteiger charge is 2.13. The third kappa shape index (κ3) is 6.50. The first-order chi connectivity index (χ1) is 10.1. The van der Waals surface area contributed by atoms with Crippen LogP contribution in [0.5, 0.6) is 5.75 Å². The Morgan fingerprint density at radius 2 is 2.19 bits per heavy atom. The van der Waals surface area contributed by atoms with E-state index < -0.39 is 6.04 Å². The Bertz CT molecular complexity index is 482. The summed E-state index contributed by atoms with van der Waals surface area (Å²) in [5.41, 5.74) is 6.39. The van der Waals surface area contributed by atoms with E-state index in [1.165, 1.54) is 7.05 Å². The molecule has 0 heterocycles. The first-order valence-electron chi connectivity index (χ1n) is 6.55. The maximum Gasteiger partial charge on any atom is 0.257 e. The molecule has 1 rings (SSSR count). The van der Waals surface area contributed by atoms with Gasteiger partial charge in [-0.05, 0) is 30.6 Å². The first kappa shape index (κ1) is 17.3. The second kappa shape index (κ2) is 9.25. The predicted molar refractivity (Wildman–Crippen MR) is 85.6 cm³/mol. The molecule has 1 aromatic carbocycles. The normalized spacial score (nSPS) is 11.6. The summed E-state index contributed by atoms with van der Waals surface area (Å²) in [4.78, 5) is 23.0. The van der Waals surface area contributed by atoms with E-state index in [2.05, 4.69) is 10.6 Å². The Labute approximate surface area is 128 Å². The van der Waals surface area contributed by atoms with Crippen LogP contribution >= 0.6 is 11.8 Å². The highest BCUT2D eigenvalue weighted by molar-refractivity contribution is 7.98. The van der Waals surface area contributed by atoms with E-state index in [1.807, 2.05) is 6.26 Å². The molecule has 0 saturated carbocycles. The van der Waals surface area contributed by atoms with E-state index in [4.69, 9.17) is 10.5 Å². The number of hydrogen-bond donors (Lipinski definition) is 3. The summed E-state index contributed by atoms with van der Waals surface area (Å²) in [7, 11) is 1.54. The zero-order valence-electron chi connectivity index (χ0n) is 12.2. The number of carbonyl (C=O) groups excluding carboxylic acids is 2. The number of anilines is 1. The van der Waals surface area contributed by atoms with E-state index in [9.17, 15) is 9.59 Å². The molecule has 0 aliphatic heterocycles. The van der Waals surface area contributed by atoms with Gasteiger partial charge >= 0.3 is 0 Å². The molecule has 0 aliphatic carbocycles. The number of ether oxygens (including phenoxy) is 1. The predicted octanol–water partition coefficient (Wildman–Crippen LogP) is 0.830. The van der Waals surface area contributed by atoms with Gasteiger partial charge in [-0.1, -0.05) is 6.07 Å². The molecule has 0 fully saturated rings. The van der Waals surface area contributed by atoms with Crippen LogP contribution in [0, 0.1) is 0 Å². The average Bonchev–Trinajstić information content (AvgIpc) is 2.50. The fourth-order valence-corrected chi connectivity index (χ4v) is 1.99. The number of hydrogen-bond acceptors (Lipinski definition) is 5. The third-order valence-corrected chi connectivity index (χ3v) is 3.36. The molecule has 7 heteroatoms. The van der Waals surface area contributed by atoms with Crippen LogP contribution in [0.4, 0.5) is 5.69 Å². The minimum atomic E-state index is -0.534. The zero-order valence-corrected chi connectivity index (χ0v) is 13.0. The molecule has 0 radical (unpaired) electrons. The topological polar surface area (TPSA) is 93.5 Å². The van der Waals surface area contributed by atoms with Crippen LogP contribution in [-0.4, -0.2) is 43.5 Å². The SMILES string of the molecule is CNC(=O)COc1cccc(NC(=O)[C@H](N)CCSC)c1. The molecule has 0 bridgehead atoms. The fourth-order valence-electron chi connectivity index (χ4n) is 1.50. The summed E-state index contributed by atoms with van der Waals surface area (Å²) in [6.07, 6.45) is 2.59. The van der Waals surface area contributed by atoms with Gasteiger partial charge in [0.2, 0.25) is 5.91 Å². The second-order valence-electron chi connectivity index (χ2n) is 4.37. The van der Waals surface area contributed by atoms with Crippen molar-refractivity contribution in [3.8, 4) is 5.75 Å². The van der Waals surface area contributed by atoms with Crippen LogP contribution in [0.25, 0.3) is 0 Å².